The maximum Gasteiger partial charge on any atom is 0.471 e. The average molecular weight is 445 g/mol. The number of amides is 3. The molecule has 10 heteroatoms. The maximum absolute atomic E-state index is 13.0. The molecule has 0 aliphatic carbocycles. The number of carbonyl (C=O) groups excluding carboxylic acids is 3. The topological polar surface area (TPSA) is 75.7 Å². The highest BCUT2D eigenvalue weighted by molar-refractivity contribution is 9.10. The van der Waals surface area contributed by atoms with Crippen molar-refractivity contribution in [1.82, 2.24) is 5.32 Å². The molecule has 142 valence electrons. The van der Waals surface area contributed by atoms with Crippen molar-refractivity contribution in [2.75, 3.05) is 11.4 Å². The van der Waals surface area contributed by atoms with Crippen LogP contribution in [0.1, 0.15) is 0 Å². The van der Waals surface area contributed by atoms with Crippen LogP contribution in [0.3, 0.4) is 0 Å². The number of imide groups is 1. The fourth-order valence-electron chi connectivity index (χ4n) is 3.87. The second kappa shape index (κ2) is 5.90. The molecule has 1 N–H and O–H groups in total. The van der Waals surface area contributed by atoms with Crippen molar-refractivity contribution in [3.63, 3.8) is 0 Å². The average Bonchev–Trinajstić information content (AvgIpc) is 3.24. The summed E-state index contributed by atoms with van der Waals surface area (Å²) in [5, 5.41) is 1.76. The quantitative estimate of drug-likeness (QED) is 0.570. The number of rotatable bonds is 3. The molecule has 0 unspecified atom stereocenters. The minimum absolute atomic E-state index is 0.372. The van der Waals surface area contributed by atoms with Crippen molar-refractivity contribution < 1.29 is 32.3 Å². The van der Waals surface area contributed by atoms with E-state index in [2.05, 4.69) is 15.9 Å². The first-order valence-electron chi connectivity index (χ1n) is 8.00. The molecule has 6 nitrogen and oxygen atoms in total. The van der Waals surface area contributed by atoms with E-state index in [0.717, 1.165) is 9.37 Å². The molecular formula is C17H12BrF3N2O4. The lowest BCUT2D eigenvalue weighted by atomic mass is 9.77. The molecule has 2 bridgehead atoms. The molecule has 0 spiro atoms. The molecule has 0 radical (unpaired) electrons. The van der Waals surface area contributed by atoms with Crippen LogP contribution in [-0.2, 0) is 19.1 Å². The number of fused-ring (bicyclic) bond motifs is 5. The summed E-state index contributed by atoms with van der Waals surface area (Å²) >= 11 is 3.27. The molecule has 4 atom stereocenters. The van der Waals surface area contributed by atoms with E-state index in [0.29, 0.717) is 5.69 Å². The molecule has 0 aromatic heterocycles. The van der Waals surface area contributed by atoms with Crippen LogP contribution >= 0.6 is 15.9 Å². The third-order valence-electron chi connectivity index (χ3n) is 5.02. The van der Waals surface area contributed by atoms with E-state index in [-0.39, 0.29) is 0 Å². The minimum atomic E-state index is -5.05. The van der Waals surface area contributed by atoms with Crippen molar-refractivity contribution in [3.05, 3.63) is 40.9 Å². The molecule has 1 aromatic carbocycles. The van der Waals surface area contributed by atoms with Crippen LogP contribution in [-0.4, -0.2) is 42.1 Å². The Bertz CT molecular complexity index is 870. The number of ether oxygens (including phenoxy) is 1. The monoisotopic (exact) mass is 444 g/mol. The lowest BCUT2D eigenvalue weighted by Crippen LogP contribution is -2.51. The Kier molecular flexibility index (Phi) is 3.97. The number of anilines is 1. The van der Waals surface area contributed by atoms with Crippen molar-refractivity contribution >= 4 is 39.3 Å². The Morgan fingerprint density at radius 3 is 2.52 bits per heavy atom. The highest BCUT2D eigenvalue weighted by Gasteiger charge is 2.68. The first-order chi connectivity index (χ1) is 12.6. The second-order valence-corrected chi connectivity index (χ2v) is 7.48. The summed E-state index contributed by atoms with van der Waals surface area (Å²) in [4.78, 5) is 38.0. The first-order valence-corrected chi connectivity index (χ1v) is 8.79. The molecular weight excluding hydrogens is 433 g/mol. The Balaban J connectivity index is 1.62. The molecule has 2 fully saturated rings. The van der Waals surface area contributed by atoms with Gasteiger partial charge in [0.2, 0.25) is 11.8 Å². The zero-order chi connectivity index (χ0) is 19.6. The van der Waals surface area contributed by atoms with Crippen LogP contribution in [0.15, 0.2) is 40.9 Å². The van der Waals surface area contributed by atoms with Gasteiger partial charge in [0.05, 0.1) is 30.2 Å². The molecule has 3 amide bonds. The van der Waals surface area contributed by atoms with Gasteiger partial charge in [0, 0.05) is 4.47 Å². The lowest BCUT2D eigenvalue weighted by Gasteiger charge is -2.29. The van der Waals surface area contributed by atoms with Crippen molar-refractivity contribution in [3.8, 4) is 0 Å². The zero-order valence-corrected chi connectivity index (χ0v) is 15.1. The highest BCUT2D eigenvalue weighted by Crippen LogP contribution is 2.52. The summed E-state index contributed by atoms with van der Waals surface area (Å²) in [5.74, 6) is -4.96. The van der Waals surface area contributed by atoms with E-state index in [9.17, 15) is 27.6 Å². The Morgan fingerprint density at radius 1 is 1.22 bits per heavy atom. The van der Waals surface area contributed by atoms with Gasteiger partial charge in [-0.2, -0.15) is 13.2 Å². The summed E-state index contributed by atoms with van der Waals surface area (Å²) in [6.45, 7) is -0.549. The van der Waals surface area contributed by atoms with Gasteiger partial charge in [-0.05, 0) is 24.3 Å². The molecule has 4 rings (SSSR count). The van der Waals surface area contributed by atoms with E-state index in [1.807, 2.05) is 0 Å². The normalized spacial score (nSPS) is 31.6. The van der Waals surface area contributed by atoms with Crippen molar-refractivity contribution in [2.45, 2.75) is 17.9 Å². The predicted octanol–water partition coefficient (Wildman–Crippen LogP) is 1.94. The molecule has 0 saturated carbocycles. The van der Waals surface area contributed by atoms with Gasteiger partial charge in [0.15, 0.2) is 0 Å². The third kappa shape index (κ3) is 2.69. The number of alkyl halides is 3. The van der Waals surface area contributed by atoms with Crippen molar-refractivity contribution in [1.29, 1.82) is 0 Å². The van der Waals surface area contributed by atoms with Crippen LogP contribution in [0.2, 0.25) is 0 Å². The van der Waals surface area contributed by atoms with Crippen LogP contribution in [0.4, 0.5) is 18.9 Å². The molecule has 27 heavy (non-hydrogen) atoms. The van der Waals surface area contributed by atoms with Crippen LogP contribution in [0.25, 0.3) is 0 Å². The number of halogens is 4. The number of hydrogen-bond donors (Lipinski definition) is 1. The van der Waals surface area contributed by atoms with Gasteiger partial charge < -0.3 is 10.1 Å². The first kappa shape index (κ1) is 18.2. The van der Waals surface area contributed by atoms with Gasteiger partial charge in [-0.1, -0.05) is 28.1 Å². The van der Waals surface area contributed by atoms with Crippen LogP contribution in [0.5, 0.6) is 0 Å². The molecule has 3 aliphatic heterocycles. The van der Waals surface area contributed by atoms with Crippen molar-refractivity contribution in [2.24, 2.45) is 11.8 Å². The Morgan fingerprint density at radius 2 is 1.89 bits per heavy atom. The number of nitrogens with one attached hydrogen (secondary N) is 1. The zero-order valence-electron chi connectivity index (χ0n) is 13.5. The fourth-order valence-corrected chi connectivity index (χ4v) is 4.13. The van der Waals surface area contributed by atoms with Gasteiger partial charge in [-0.15, -0.1) is 0 Å². The summed E-state index contributed by atoms with van der Waals surface area (Å²) < 4.78 is 43.9. The maximum atomic E-state index is 13.0. The summed E-state index contributed by atoms with van der Waals surface area (Å²) in [7, 11) is 0. The number of benzene rings is 1. The van der Waals surface area contributed by atoms with Gasteiger partial charge in [-0.3, -0.25) is 14.4 Å². The number of hydrogen-bond acceptors (Lipinski definition) is 4. The molecule has 1 aromatic rings. The van der Waals surface area contributed by atoms with E-state index >= 15 is 0 Å². The van der Waals surface area contributed by atoms with E-state index in [1.54, 1.807) is 35.7 Å². The smallest absolute Gasteiger partial charge is 0.360 e. The molecule has 3 heterocycles. The van der Waals surface area contributed by atoms with E-state index in [4.69, 9.17) is 4.74 Å². The Labute approximate surface area is 159 Å². The second-order valence-electron chi connectivity index (χ2n) is 6.57. The Hall–Kier alpha value is -2.20. The van der Waals surface area contributed by atoms with Crippen LogP contribution in [0, 0.1) is 11.8 Å². The third-order valence-corrected chi connectivity index (χ3v) is 5.55. The molecule has 3 aliphatic rings. The van der Waals surface area contributed by atoms with Gasteiger partial charge in [0.1, 0.15) is 5.60 Å². The standard InChI is InChI=1S/C17H12BrF3N2O4/c18-8-1-3-9(4-2-8)23-13(24)11-10-5-6-16(27-10,12(11)14(23)25)7-22-15(26)17(19,20)21/h1-6,10-12H,7H2,(H,22,26)/t10-,11+,12+,16-/m1/s1. The largest absolute Gasteiger partial charge is 0.471 e. The number of nitrogens with zero attached hydrogens (tertiary/aromatic N) is 1. The van der Waals surface area contributed by atoms with Crippen LogP contribution < -0.4 is 10.2 Å². The predicted molar refractivity (Wildman–Crippen MR) is 89.4 cm³/mol. The van der Waals surface area contributed by atoms with Gasteiger partial charge >= 0.3 is 12.1 Å². The fraction of sp³-hybridized carbons (Fsp3) is 0.353. The van der Waals surface area contributed by atoms with Gasteiger partial charge in [-0.25, -0.2) is 4.90 Å². The minimum Gasteiger partial charge on any atom is -0.360 e. The number of carbonyl (C=O) groups is 3. The highest BCUT2D eigenvalue weighted by atomic mass is 79.9. The van der Waals surface area contributed by atoms with Gasteiger partial charge in [0.25, 0.3) is 0 Å². The van der Waals surface area contributed by atoms with E-state index < -0.39 is 54.0 Å². The van der Waals surface area contributed by atoms with E-state index in [1.165, 1.54) is 6.08 Å². The summed E-state index contributed by atoms with van der Waals surface area (Å²) in [6.07, 6.45) is -2.74. The SMILES string of the molecule is O=C1[C@@H]2[C@@H](C(=O)N1c1ccc(Br)cc1)[C@]1(CNC(=O)C(F)(F)F)C=C[C@H]2O1. The lowest BCUT2D eigenvalue weighted by molar-refractivity contribution is -0.174. The molecule has 2 saturated heterocycles. The summed E-state index contributed by atoms with van der Waals surface area (Å²) in [6, 6.07) is 6.53. The summed E-state index contributed by atoms with van der Waals surface area (Å²) in [5.41, 5.74) is -1.09.